The molecular weight excluding hydrogens is 230 g/mol. The molecule has 5 nitrogen and oxygen atoms in total. The highest BCUT2D eigenvalue weighted by atomic mass is 16.2. The van der Waals surface area contributed by atoms with Gasteiger partial charge in [-0.3, -0.25) is 9.59 Å². The molecule has 1 rings (SSSR count). The number of hydrogen-bond acceptors (Lipinski definition) is 3. The fraction of sp³-hybridized carbons (Fsp3) is 0.538. The summed E-state index contributed by atoms with van der Waals surface area (Å²) in [7, 11) is 0. The van der Waals surface area contributed by atoms with Gasteiger partial charge in [-0.1, -0.05) is 6.92 Å². The molecule has 0 radical (unpaired) electrons. The van der Waals surface area contributed by atoms with Gasteiger partial charge in [-0.05, 0) is 33.2 Å². The molecule has 0 saturated carbocycles. The van der Waals surface area contributed by atoms with Crippen LogP contribution in [0.3, 0.4) is 0 Å². The summed E-state index contributed by atoms with van der Waals surface area (Å²) in [4.78, 5) is 26.6. The lowest BCUT2D eigenvalue weighted by Crippen LogP contribution is -2.47. The van der Waals surface area contributed by atoms with Crippen LogP contribution in [0.2, 0.25) is 0 Å². The van der Waals surface area contributed by atoms with Crippen LogP contribution in [0.25, 0.3) is 0 Å². The summed E-state index contributed by atoms with van der Waals surface area (Å²) in [6.45, 7) is 6.18. The highest BCUT2D eigenvalue weighted by Crippen LogP contribution is 2.13. The summed E-state index contributed by atoms with van der Waals surface area (Å²) < 4.78 is 0. The van der Waals surface area contributed by atoms with Gasteiger partial charge in [-0.2, -0.15) is 0 Å². The first-order valence-corrected chi connectivity index (χ1v) is 6.14. The number of hydrogen-bond donors (Lipinski definition) is 3. The molecule has 0 fully saturated rings. The normalized spacial score (nSPS) is 14.0. The largest absolute Gasteiger partial charge is 0.364 e. The zero-order chi connectivity index (χ0) is 13.8. The molecule has 1 aromatic heterocycles. The van der Waals surface area contributed by atoms with Crippen LogP contribution in [0.5, 0.6) is 0 Å². The van der Waals surface area contributed by atoms with Gasteiger partial charge in [0.1, 0.15) is 5.56 Å². The Bertz CT molecular complexity index is 481. The second-order valence-electron chi connectivity index (χ2n) is 4.80. The zero-order valence-electron chi connectivity index (χ0n) is 11.2. The first-order chi connectivity index (χ1) is 8.41. The maximum Gasteiger partial charge on any atom is 0.257 e. The molecule has 1 aromatic rings. The molecule has 5 heteroatoms. The Balaban J connectivity index is 2.91. The molecule has 0 aliphatic rings. The van der Waals surface area contributed by atoms with Crippen LogP contribution in [0.15, 0.2) is 17.1 Å². The van der Waals surface area contributed by atoms with Crippen LogP contribution in [0.4, 0.5) is 0 Å². The summed E-state index contributed by atoms with van der Waals surface area (Å²) in [5.74, 6) is -0.353. The van der Waals surface area contributed by atoms with Crippen molar-refractivity contribution in [1.82, 2.24) is 10.3 Å². The van der Waals surface area contributed by atoms with Gasteiger partial charge in [0.2, 0.25) is 0 Å². The van der Waals surface area contributed by atoms with Crippen molar-refractivity contribution in [3.8, 4) is 0 Å². The van der Waals surface area contributed by atoms with E-state index in [4.69, 9.17) is 5.73 Å². The number of amides is 1. The maximum atomic E-state index is 12.1. The van der Waals surface area contributed by atoms with Crippen molar-refractivity contribution in [2.75, 3.05) is 6.54 Å². The smallest absolute Gasteiger partial charge is 0.257 e. The Morgan fingerprint density at radius 1 is 1.56 bits per heavy atom. The summed E-state index contributed by atoms with van der Waals surface area (Å²) in [5, 5.41) is 2.88. The van der Waals surface area contributed by atoms with Gasteiger partial charge >= 0.3 is 0 Å². The number of aryl methyl sites for hydroxylation is 1. The third kappa shape index (κ3) is 3.43. The number of nitrogens with two attached hydrogens (primary N) is 1. The van der Waals surface area contributed by atoms with Gasteiger partial charge in [-0.25, -0.2) is 0 Å². The van der Waals surface area contributed by atoms with Crippen molar-refractivity contribution in [1.29, 1.82) is 0 Å². The molecule has 1 heterocycles. The topological polar surface area (TPSA) is 88.0 Å². The minimum absolute atomic E-state index is 0.136. The Hall–Kier alpha value is -1.62. The molecular formula is C13H21N3O2. The van der Waals surface area contributed by atoms with Crippen LogP contribution in [0.1, 0.15) is 42.7 Å². The molecule has 1 atom stereocenters. The molecule has 0 bridgehead atoms. The Morgan fingerprint density at radius 3 is 2.72 bits per heavy atom. The predicted molar refractivity (Wildman–Crippen MR) is 71.6 cm³/mol. The quantitative estimate of drug-likeness (QED) is 0.727. The van der Waals surface area contributed by atoms with Crippen molar-refractivity contribution in [3.05, 3.63) is 33.7 Å². The summed E-state index contributed by atoms with van der Waals surface area (Å²) in [5.41, 5.74) is 5.76. The molecule has 0 aliphatic heterocycles. The Morgan fingerprint density at radius 2 is 2.22 bits per heavy atom. The van der Waals surface area contributed by atoms with Crippen molar-refractivity contribution in [2.45, 2.75) is 39.2 Å². The second kappa shape index (κ2) is 5.82. The van der Waals surface area contributed by atoms with Gasteiger partial charge in [0.05, 0.1) is 0 Å². The summed E-state index contributed by atoms with van der Waals surface area (Å²) in [6.07, 6.45) is 2.89. The van der Waals surface area contributed by atoms with E-state index >= 15 is 0 Å². The highest BCUT2D eigenvalue weighted by Gasteiger charge is 2.24. The third-order valence-electron chi connectivity index (χ3n) is 3.19. The van der Waals surface area contributed by atoms with Crippen LogP contribution in [-0.4, -0.2) is 23.0 Å². The third-order valence-corrected chi connectivity index (χ3v) is 3.19. The van der Waals surface area contributed by atoms with Crippen LogP contribution in [0, 0.1) is 6.92 Å². The van der Waals surface area contributed by atoms with E-state index in [1.165, 1.54) is 12.3 Å². The standard InChI is InChI=1S/C13H21N3O2/c1-4-13(3,5-6-14)16-12(18)10-8-15-9(2)7-11(10)17/h7-8H,4-6,14H2,1-3H3,(H,15,17)(H,16,18). The minimum Gasteiger partial charge on any atom is -0.364 e. The van der Waals surface area contributed by atoms with Gasteiger partial charge in [0, 0.05) is 23.5 Å². The van der Waals surface area contributed by atoms with Gasteiger partial charge in [-0.15, -0.1) is 0 Å². The first-order valence-electron chi connectivity index (χ1n) is 6.14. The molecule has 0 spiro atoms. The maximum absolute atomic E-state index is 12.1. The number of H-pyrrole nitrogens is 1. The number of carbonyl (C=O) groups excluding carboxylic acids is 1. The molecule has 1 unspecified atom stereocenters. The van der Waals surface area contributed by atoms with Crippen molar-refractivity contribution in [2.24, 2.45) is 5.73 Å². The second-order valence-corrected chi connectivity index (χ2v) is 4.80. The van der Waals surface area contributed by atoms with E-state index in [9.17, 15) is 9.59 Å². The van der Waals surface area contributed by atoms with Crippen molar-refractivity contribution >= 4 is 5.91 Å². The van der Waals surface area contributed by atoms with E-state index < -0.39 is 0 Å². The number of carbonyl (C=O) groups is 1. The zero-order valence-corrected chi connectivity index (χ0v) is 11.2. The lowest BCUT2D eigenvalue weighted by atomic mass is 9.94. The van der Waals surface area contributed by atoms with Crippen LogP contribution in [-0.2, 0) is 0 Å². The highest BCUT2D eigenvalue weighted by molar-refractivity contribution is 5.94. The minimum atomic E-state index is -0.372. The number of aromatic nitrogens is 1. The van der Waals surface area contributed by atoms with Gasteiger partial charge in [0.25, 0.3) is 5.91 Å². The Kier molecular flexibility index (Phi) is 4.67. The van der Waals surface area contributed by atoms with E-state index in [-0.39, 0.29) is 22.4 Å². The molecule has 100 valence electrons. The molecule has 0 aliphatic carbocycles. The molecule has 18 heavy (non-hydrogen) atoms. The van der Waals surface area contributed by atoms with Crippen LogP contribution >= 0.6 is 0 Å². The van der Waals surface area contributed by atoms with Crippen molar-refractivity contribution < 1.29 is 4.79 Å². The molecule has 4 N–H and O–H groups in total. The first kappa shape index (κ1) is 14.4. The SMILES string of the molecule is CCC(C)(CCN)NC(=O)c1c[nH]c(C)cc1=O. The monoisotopic (exact) mass is 251 g/mol. The average Bonchev–Trinajstić information content (AvgIpc) is 2.28. The number of pyridine rings is 1. The average molecular weight is 251 g/mol. The van der Waals surface area contributed by atoms with Crippen LogP contribution < -0.4 is 16.5 Å². The lowest BCUT2D eigenvalue weighted by molar-refractivity contribution is 0.0898. The number of aromatic amines is 1. The van der Waals surface area contributed by atoms with E-state index in [0.29, 0.717) is 13.0 Å². The van der Waals surface area contributed by atoms with Crippen molar-refractivity contribution in [3.63, 3.8) is 0 Å². The van der Waals surface area contributed by atoms with E-state index in [1.54, 1.807) is 6.92 Å². The van der Waals surface area contributed by atoms with Gasteiger partial charge in [0.15, 0.2) is 5.43 Å². The van der Waals surface area contributed by atoms with Gasteiger partial charge < -0.3 is 16.0 Å². The molecule has 0 saturated heterocycles. The van der Waals surface area contributed by atoms with E-state index in [1.807, 2.05) is 13.8 Å². The Labute approximate surface area is 107 Å². The molecule has 1 amide bonds. The number of rotatable bonds is 5. The summed E-state index contributed by atoms with van der Waals surface area (Å²) >= 11 is 0. The van der Waals surface area contributed by atoms with E-state index in [0.717, 1.165) is 12.1 Å². The lowest BCUT2D eigenvalue weighted by Gasteiger charge is -2.29. The predicted octanol–water partition coefficient (Wildman–Crippen LogP) is 0.931. The fourth-order valence-corrected chi connectivity index (χ4v) is 1.74. The fourth-order valence-electron chi connectivity index (χ4n) is 1.74. The number of nitrogens with one attached hydrogen (secondary N) is 2. The summed E-state index contributed by atoms with van der Waals surface area (Å²) in [6, 6.07) is 1.42. The molecule has 0 aromatic carbocycles. The van der Waals surface area contributed by atoms with E-state index in [2.05, 4.69) is 10.3 Å².